The normalized spacial score (nSPS) is 12.3. The topological polar surface area (TPSA) is 59.0 Å². The van der Waals surface area contributed by atoms with Crippen LogP contribution >= 0.6 is 15.9 Å². The Morgan fingerprint density at radius 1 is 0.853 bits per heavy atom. The van der Waals surface area contributed by atoms with Crippen LogP contribution in [0.3, 0.4) is 0 Å². The van der Waals surface area contributed by atoms with Crippen molar-refractivity contribution in [3.8, 4) is 23.0 Å². The number of hydrogen-bond donors (Lipinski definition) is 1. The van der Waals surface area contributed by atoms with Crippen LogP contribution < -0.4 is 14.4 Å². The molecule has 6 heteroatoms. The lowest BCUT2D eigenvalue weighted by molar-refractivity contribution is 0.0697. The standard InChI is InChI=1S/C28H22BrNO4/c29-25-17-21(28(31)32)8-13-27(25)34-24-11-12-26-20(16-24)14-15-30(26)18-19-6-9-23(10-7-19)33-22-4-2-1-3-5-22/h1-13,16-17H,14-15,18H2,(H,31,32). The van der Waals surface area contributed by atoms with Crippen LogP contribution in [-0.2, 0) is 13.0 Å². The Morgan fingerprint density at radius 3 is 2.32 bits per heavy atom. The van der Waals surface area contributed by atoms with Crippen LogP contribution in [0.25, 0.3) is 0 Å². The lowest BCUT2D eigenvalue weighted by atomic mass is 10.1. The first-order valence-electron chi connectivity index (χ1n) is 11.0. The number of carboxylic acids is 1. The van der Waals surface area contributed by atoms with Crippen LogP contribution in [0.1, 0.15) is 21.5 Å². The molecule has 0 spiro atoms. The van der Waals surface area contributed by atoms with Gasteiger partial charge < -0.3 is 19.5 Å². The van der Waals surface area contributed by atoms with Crippen LogP contribution in [0.5, 0.6) is 23.0 Å². The molecule has 0 saturated heterocycles. The smallest absolute Gasteiger partial charge is 0.335 e. The summed E-state index contributed by atoms with van der Waals surface area (Å²) in [7, 11) is 0. The number of ether oxygens (including phenoxy) is 2. The lowest BCUT2D eigenvalue weighted by Gasteiger charge is -2.20. The first-order valence-corrected chi connectivity index (χ1v) is 11.7. The van der Waals surface area contributed by atoms with Crippen LogP contribution in [0.4, 0.5) is 5.69 Å². The molecule has 0 aromatic heterocycles. The summed E-state index contributed by atoms with van der Waals surface area (Å²) in [6.45, 7) is 1.76. The maximum atomic E-state index is 11.1. The first kappa shape index (κ1) is 22.0. The summed E-state index contributed by atoms with van der Waals surface area (Å²) >= 11 is 3.40. The van der Waals surface area contributed by atoms with Gasteiger partial charge in [-0.1, -0.05) is 30.3 Å². The fraction of sp³-hybridized carbons (Fsp3) is 0.107. The number of anilines is 1. The number of benzene rings is 4. The van der Waals surface area contributed by atoms with Crippen molar-refractivity contribution in [3.05, 3.63) is 112 Å². The molecule has 0 bridgehead atoms. The summed E-state index contributed by atoms with van der Waals surface area (Å²) in [4.78, 5) is 13.5. The number of para-hydroxylation sites is 1. The number of nitrogens with zero attached hydrogens (tertiary/aromatic N) is 1. The fourth-order valence-electron chi connectivity index (χ4n) is 4.03. The highest BCUT2D eigenvalue weighted by Gasteiger charge is 2.20. The number of fused-ring (bicyclic) bond motifs is 1. The van der Waals surface area contributed by atoms with E-state index in [1.54, 1.807) is 12.1 Å². The van der Waals surface area contributed by atoms with Gasteiger partial charge in [0.05, 0.1) is 10.0 Å². The van der Waals surface area contributed by atoms with E-state index >= 15 is 0 Å². The van der Waals surface area contributed by atoms with E-state index in [0.717, 1.165) is 36.8 Å². The van der Waals surface area contributed by atoms with Crippen molar-refractivity contribution in [3.63, 3.8) is 0 Å². The Morgan fingerprint density at radius 2 is 1.59 bits per heavy atom. The van der Waals surface area contributed by atoms with Crippen LogP contribution in [-0.4, -0.2) is 17.6 Å². The summed E-state index contributed by atoms with van der Waals surface area (Å²) < 4.78 is 12.5. The van der Waals surface area contributed by atoms with Crippen molar-refractivity contribution >= 4 is 27.6 Å². The highest BCUT2D eigenvalue weighted by molar-refractivity contribution is 9.10. The number of carbonyl (C=O) groups is 1. The molecule has 1 aliphatic rings. The van der Waals surface area contributed by atoms with E-state index < -0.39 is 5.97 Å². The molecular formula is C28H22BrNO4. The van der Waals surface area contributed by atoms with Gasteiger partial charge in [-0.3, -0.25) is 0 Å². The molecule has 0 fully saturated rings. The van der Waals surface area contributed by atoms with E-state index in [0.29, 0.717) is 10.2 Å². The zero-order valence-corrected chi connectivity index (χ0v) is 19.9. The van der Waals surface area contributed by atoms with E-state index in [1.165, 1.54) is 22.9 Å². The summed E-state index contributed by atoms with van der Waals surface area (Å²) in [5.74, 6) is 1.99. The van der Waals surface area contributed by atoms with Gasteiger partial charge in [-0.15, -0.1) is 0 Å². The molecule has 1 aliphatic heterocycles. The largest absolute Gasteiger partial charge is 0.478 e. The minimum atomic E-state index is -0.969. The predicted octanol–water partition coefficient (Wildman–Crippen LogP) is 7.29. The lowest BCUT2D eigenvalue weighted by Crippen LogP contribution is -2.19. The number of aromatic carboxylic acids is 1. The van der Waals surface area contributed by atoms with Gasteiger partial charge in [0, 0.05) is 18.8 Å². The third-order valence-electron chi connectivity index (χ3n) is 5.73. The maximum absolute atomic E-state index is 11.1. The van der Waals surface area contributed by atoms with Crippen molar-refractivity contribution in [2.24, 2.45) is 0 Å². The third kappa shape index (κ3) is 4.92. The number of carboxylic acid groups (broad SMARTS) is 1. The molecule has 0 atom stereocenters. The Balaban J connectivity index is 1.25. The Hall–Kier alpha value is -3.77. The van der Waals surface area contributed by atoms with Gasteiger partial charge in [0.25, 0.3) is 0 Å². The highest BCUT2D eigenvalue weighted by atomic mass is 79.9. The molecule has 4 aromatic carbocycles. The van der Waals surface area contributed by atoms with Crippen molar-refractivity contribution in [1.29, 1.82) is 0 Å². The maximum Gasteiger partial charge on any atom is 0.335 e. The molecule has 1 heterocycles. The highest BCUT2D eigenvalue weighted by Crippen LogP contribution is 2.36. The van der Waals surface area contributed by atoms with E-state index in [4.69, 9.17) is 14.6 Å². The van der Waals surface area contributed by atoms with Crippen LogP contribution in [0.2, 0.25) is 0 Å². The van der Waals surface area contributed by atoms with Crippen molar-refractivity contribution in [1.82, 2.24) is 0 Å². The van der Waals surface area contributed by atoms with E-state index in [1.807, 2.05) is 48.5 Å². The Bertz CT molecular complexity index is 1320. The average molecular weight is 516 g/mol. The molecule has 0 unspecified atom stereocenters. The summed E-state index contributed by atoms with van der Waals surface area (Å²) in [5, 5.41) is 9.13. The molecule has 34 heavy (non-hydrogen) atoms. The zero-order valence-electron chi connectivity index (χ0n) is 18.3. The van der Waals surface area contributed by atoms with Crippen molar-refractivity contribution in [2.75, 3.05) is 11.4 Å². The van der Waals surface area contributed by atoms with Crippen molar-refractivity contribution < 1.29 is 19.4 Å². The van der Waals surface area contributed by atoms with Gasteiger partial charge in [0.2, 0.25) is 0 Å². The minimum Gasteiger partial charge on any atom is -0.478 e. The van der Waals surface area contributed by atoms with Gasteiger partial charge in [-0.2, -0.15) is 0 Å². The quantitative estimate of drug-likeness (QED) is 0.280. The van der Waals surface area contributed by atoms with Gasteiger partial charge in [-0.25, -0.2) is 4.79 Å². The molecule has 170 valence electrons. The number of rotatable bonds is 7. The monoisotopic (exact) mass is 515 g/mol. The van der Waals surface area contributed by atoms with E-state index in [9.17, 15) is 4.79 Å². The predicted molar refractivity (Wildman–Crippen MR) is 135 cm³/mol. The molecule has 1 N–H and O–H groups in total. The number of hydrogen-bond acceptors (Lipinski definition) is 4. The summed E-state index contributed by atoms with van der Waals surface area (Å²) in [6.07, 6.45) is 0.945. The van der Waals surface area contributed by atoms with Crippen molar-refractivity contribution in [2.45, 2.75) is 13.0 Å². The molecule has 0 radical (unpaired) electrons. The van der Waals surface area contributed by atoms with Gasteiger partial charge in [0.15, 0.2) is 0 Å². The average Bonchev–Trinajstić information content (AvgIpc) is 3.24. The second kappa shape index (κ2) is 9.61. The molecule has 0 aliphatic carbocycles. The first-order chi connectivity index (χ1) is 16.5. The molecule has 4 aromatic rings. The third-order valence-corrected chi connectivity index (χ3v) is 6.34. The molecule has 5 rings (SSSR count). The fourth-order valence-corrected chi connectivity index (χ4v) is 4.49. The summed E-state index contributed by atoms with van der Waals surface area (Å²) in [6, 6.07) is 28.8. The molecule has 0 saturated carbocycles. The minimum absolute atomic E-state index is 0.212. The Labute approximate surface area is 206 Å². The van der Waals surface area contributed by atoms with Gasteiger partial charge in [0.1, 0.15) is 23.0 Å². The van der Waals surface area contributed by atoms with Gasteiger partial charge >= 0.3 is 5.97 Å². The van der Waals surface area contributed by atoms with Crippen LogP contribution in [0.15, 0.2) is 95.5 Å². The second-order valence-electron chi connectivity index (χ2n) is 8.07. The van der Waals surface area contributed by atoms with Crippen LogP contribution in [0, 0.1) is 0 Å². The summed E-state index contributed by atoms with van der Waals surface area (Å²) in [5.41, 5.74) is 3.87. The molecular weight excluding hydrogens is 494 g/mol. The molecule has 0 amide bonds. The zero-order chi connectivity index (χ0) is 23.5. The van der Waals surface area contributed by atoms with E-state index in [2.05, 4.69) is 45.1 Å². The SMILES string of the molecule is O=C(O)c1ccc(Oc2ccc3c(c2)CCN3Cc2ccc(Oc3ccccc3)cc2)c(Br)c1. The Kier molecular flexibility index (Phi) is 6.23. The molecule has 5 nitrogen and oxygen atoms in total. The number of halogens is 1. The van der Waals surface area contributed by atoms with E-state index in [-0.39, 0.29) is 5.56 Å². The second-order valence-corrected chi connectivity index (χ2v) is 8.93. The van der Waals surface area contributed by atoms with Gasteiger partial charge in [-0.05, 0) is 94.1 Å².